The van der Waals surface area contributed by atoms with E-state index in [1.54, 1.807) is 18.5 Å². The Morgan fingerprint density at radius 3 is 2.67 bits per heavy atom. The standard InChI is InChI=1S/C12H10Cl2FN3/c1-2-4-18-5-3-16-12(18)17-11-9(13)6-8(15)7-10(11)14/h2-3,5-7H,1,4H2,(H,16,17). The van der Waals surface area contributed by atoms with Gasteiger partial charge in [0, 0.05) is 18.9 Å². The van der Waals surface area contributed by atoms with E-state index >= 15 is 0 Å². The average Bonchev–Trinajstić information content (AvgIpc) is 2.71. The van der Waals surface area contributed by atoms with Gasteiger partial charge in [-0.05, 0) is 12.1 Å². The van der Waals surface area contributed by atoms with Crippen LogP contribution in [0.15, 0.2) is 37.2 Å². The summed E-state index contributed by atoms with van der Waals surface area (Å²) in [5.41, 5.74) is 0.427. The van der Waals surface area contributed by atoms with Gasteiger partial charge in [-0.25, -0.2) is 9.37 Å². The zero-order valence-electron chi connectivity index (χ0n) is 9.33. The van der Waals surface area contributed by atoms with Crippen LogP contribution in [0.4, 0.5) is 16.0 Å². The smallest absolute Gasteiger partial charge is 0.207 e. The number of rotatable bonds is 4. The van der Waals surface area contributed by atoms with Crippen molar-refractivity contribution in [2.24, 2.45) is 0 Å². The highest BCUT2D eigenvalue weighted by molar-refractivity contribution is 6.39. The van der Waals surface area contributed by atoms with Crippen molar-refractivity contribution >= 4 is 34.8 Å². The van der Waals surface area contributed by atoms with Crippen LogP contribution in [-0.2, 0) is 6.54 Å². The molecule has 2 aromatic rings. The second-order valence-corrected chi connectivity index (χ2v) is 4.38. The van der Waals surface area contributed by atoms with Crippen LogP contribution < -0.4 is 5.32 Å². The number of nitrogens with zero attached hydrogens (tertiary/aromatic N) is 2. The van der Waals surface area contributed by atoms with E-state index in [9.17, 15) is 4.39 Å². The molecular weight excluding hydrogens is 276 g/mol. The number of allylic oxidation sites excluding steroid dienone is 1. The van der Waals surface area contributed by atoms with E-state index in [-0.39, 0.29) is 10.0 Å². The lowest BCUT2D eigenvalue weighted by molar-refractivity contribution is 0.628. The monoisotopic (exact) mass is 285 g/mol. The summed E-state index contributed by atoms with van der Waals surface area (Å²) in [6, 6.07) is 2.38. The molecule has 0 aliphatic carbocycles. The highest BCUT2D eigenvalue weighted by Gasteiger charge is 2.11. The van der Waals surface area contributed by atoms with Gasteiger partial charge < -0.3 is 9.88 Å². The number of aromatic nitrogens is 2. The van der Waals surface area contributed by atoms with Gasteiger partial charge in [-0.15, -0.1) is 6.58 Å². The lowest BCUT2D eigenvalue weighted by Crippen LogP contribution is -2.03. The van der Waals surface area contributed by atoms with Gasteiger partial charge in [0.05, 0.1) is 15.7 Å². The lowest BCUT2D eigenvalue weighted by Gasteiger charge is -2.11. The molecule has 0 saturated carbocycles. The summed E-state index contributed by atoms with van der Waals surface area (Å²) in [6.45, 7) is 4.25. The molecule has 0 spiro atoms. The fraction of sp³-hybridized carbons (Fsp3) is 0.0833. The number of imidazole rings is 1. The summed E-state index contributed by atoms with van der Waals surface area (Å²) in [5.74, 6) is 0.0790. The van der Waals surface area contributed by atoms with Crippen LogP contribution in [0, 0.1) is 5.82 Å². The molecule has 3 nitrogen and oxygen atoms in total. The maximum atomic E-state index is 13.1. The van der Waals surface area contributed by atoms with Crippen LogP contribution in [0.3, 0.4) is 0 Å². The summed E-state index contributed by atoms with van der Waals surface area (Å²) in [6.07, 6.45) is 5.16. The van der Waals surface area contributed by atoms with E-state index in [2.05, 4.69) is 16.9 Å². The van der Waals surface area contributed by atoms with Gasteiger partial charge >= 0.3 is 0 Å². The van der Waals surface area contributed by atoms with E-state index in [4.69, 9.17) is 23.2 Å². The molecule has 1 aromatic heterocycles. The summed E-state index contributed by atoms with van der Waals surface area (Å²) in [5, 5.41) is 3.38. The molecule has 1 aromatic carbocycles. The first kappa shape index (κ1) is 12.9. The maximum Gasteiger partial charge on any atom is 0.207 e. The van der Waals surface area contributed by atoms with Crippen molar-refractivity contribution in [3.8, 4) is 0 Å². The van der Waals surface area contributed by atoms with E-state index in [0.29, 0.717) is 18.2 Å². The predicted octanol–water partition coefficient (Wildman–Crippen LogP) is 4.26. The number of anilines is 2. The van der Waals surface area contributed by atoms with Crippen LogP contribution in [0.2, 0.25) is 10.0 Å². The van der Waals surface area contributed by atoms with E-state index in [1.165, 1.54) is 12.1 Å². The van der Waals surface area contributed by atoms with Crippen molar-refractivity contribution in [1.29, 1.82) is 0 Å². The summed E-state index contributed by atoms with van der Waals surface area (Å²) in [7, 11) is 0. The van der Waals surface area contributed by atoms with Crippen molar-refractivity contribution in [2.75, 3.05) is 5.32 Å². The Labute approximate surface area is 114 Å². The highest BCUT2D eigenvalue weighted by Crippen LogP contribution is 2.33. The summed E-state index contributed by atoms with van der Waals surface area (Å²) < 4.78 is 14.9. The fourth-order valence-electron chi connectivity index (χ4n) is 1.49. The van der Waals surface area contributed by atoms with Crippen molar-refractivity contribution in [1.82, 2.24) is 9.55 Å². The SMILES string of the molecule is C=CCn1ccnc1Nc1c(Cl)cc(F)cc1Cl. The van der Waals surface area contributed by atoms with E-state index < -0.39 is 5.82 Å². The molecule has 1 heterocycles. The lowest BCUT2D eigenvalue weighted by atomic mass is 10.3. The normalized spacial score (nSPS) is 10.4. The molecule has 0 amide bonds. The average molecular weight is 286 g/mol. The third-order valence-electron chi connectivity index (χ3n) is 2.28. The molecule has 2 rings (SSSR count). The Hall–Kier alpha value is -1.52. The van der Waals surface area contributed by atoms with Crippen LogP contribution in [-0.4, -0.2) is 9.55 Å². The topological polar surface area (TPSA) is 29.9 Å². The molecule has 94 valence electrons. The second-order valence-electron chi connectivity index (χ2n) is 3.56. The van der Waals surface area contributed by atoms with E-state index in [0.717, 1.165) is 0 Å². The highest BCUT2D eigenvalue weighted by atomic mass is 35.5. The largest absolute Gasteiger partial charge is 0.323 e. The molecular formula is C12H10Cl2FN3. The number of hydrogen-bond acceptors (Lipinski definition) is 2. The molecule has 0 atom stereocenters. The zero-order chi connectivity index (χ0) is 13.1. The number of halogens is 3. The molecule has 0 fully saturated rings. The summed E-state index contributed by atoms with van der Waals surface area (Å²) in [4.78, 5) is 4.13. The minimum Gasteiger partial charge on any atom is -0.323 e. The van der Waals surface area contributed by atoms with Gasteiger partial charge in [0.15, 0.2) is 0 Å². The quantitative estimate of drug-likeness (QED) is 0.851. The van der Waals surface area contributed by atoms with Gasteiger partial charge in [-0.2, -0.15) is 0 Å². The van der Waals surface area contributed by atoms with Gasteiger partial charge in [0.25, 0.3) is 0 Å². The minimum absolute atomic E-state index is 0.202. The Balaban J connectivity index is 2.34. The van der Waals surface area contributed by atoms with Gasteiger partial charge in [-0.3, -0.25) is 0 Å². The molecule has 0 unspecified atom stereocenters. The maximum absolute atomic E-state index is 13.1. The predicted molar refractivity (Wildman–Crippen MR) is 72.1 cm³/mol. The zero-order valence-corrected chi connectivity index (χ0v) is 10.8. The molecule has 0 bridgehead atoms. The van der Waals surface area contributed by atoms with Crippen molar-refractivity contribution in [2.45, 2.75) is 6.54 Å². The van der Waals surface area contributed by atoms with Gasteiger partial charge in [0.2, 0.25) is 5.95 Å². The fourth-order valence-corrected chi connectivity index (χ4v) is 2.05. The Bertz CT molecular complexity index is 557. The molecule has 0 radical (unpaired) electrons. The first-order valence-corrected chi connectivity index (χ1v) is 5.91. The van der Waals surface area contributed by atoms with Gasteiger partial charge in [0.1, 0.15) is 5.82 Å². The number of benzene rings is 1. The van der Waals surface area contributed by atoms with Crippen LogP contribution in [0.1, 0.15) is 0 Å². The Morgan fingerprint density at radius 2 is 2.06 bits per heavy atom. The van der Waals surface area contributed by atoms with Crippen molar-refractivity contribution in [3.63, 3.8) is 0 Å². The number of hydrogen-bond donors (Lipinski definition) is 1. The Kier molecular flexibility index (Phi) is 3.89. The van der Waals surface area contributed by atoms with Gasteiger partial charge in [-0.1, -0.05) is 29.3 Å². The summed E-state index contributed by atoms with van der Waals surface area (Å²) >= 11 is 11.9. The van der Waals surface area contributed by atoms with Crippen molar-refractivity contribution < 1.29 is 4.39 Å². The van der Waals surface area contributed by atoms with Crippen LogP contribution in [0.5, 0.6) is 0 Å². The van der Waals surface area contributed by atoms with E-state index in [1.807, 2.05) is 4.57 Å². The molecule has 0 aliphatic rings. The minimum atomic E-state index is -0.481. The molecule has 1 N–H and O–H groups in total. The first-order valence-electron chi connectivity index (χ1n) is 5.15. The molecule has 18 heavy (non-hydrogen) atoms. The molecule has 0 aliphatic heterocycles. The number of nitrogens with one attached hydrogen (secondary N) is 1. The van der Waals surface area contributed by atoms with Crippen LogP contribution in [0.25, 0.3) is 0 Å². The Morgan fingerprint density at radius 1 is 1.39 bits per heavy atom. The third kappa shape index (κ3) is 2.66. The second kappa shape index (κ2) is 5.42. The molecule has 0 saturated heterocycles. The molecule has 6 heteroatoms. The third-order valence-corrected chi connectivity index (χ3v) is 2.88. The van der Waals surface area contributed by atoms with Crippen LogP contribution >= 0.6 is 23.2 Å². The van der Waals surface area contributed by atoms with Crippen molar-refractivity contribution in [3.05, 3.63) is 53.0 Å². The first-order chi connectivity index (χ1) is 8.61.